The highest BCUT2D eigenvalue weighted by Gasteiger charge is 2.25. The molecule has 0 aliphatic carbocycles. The zero-order valence-corrected chi connectivity index (χ0v) is 15.7. The van der Waals surface area contributed by atoms with Gasteiger partial charge in [0.1, 0.15) is 5.75 Å². The lowest BCUT2D eigenvalue weighted by molar-refractivity contribution is 0.102. The molecule has 8 heteroatoms. The van der Waals surface area contributed by atoms with Crippen molar-refractivity contribution in [2.24, 2.45) is 0 Å². The Kier molecular flexibility index (Phi) is 4.60. The van der Waals surface area contributed by atoms with Crippen molar-refractivity contribution in [3.8, 4) is 5.75 Å². The van der Waals surface area contributed by atoms with Gasteiger partial charge < -0.3 is 14.6 Å². The highest BCUT2D eigenvalue weighted by Crippen LogP contribution is 2.31. The number of rotatable bonds is 5. The minimum atomic E-state index is -0.298. The highest BCUT2D eigenvalue weighted by molar-refractivity contribution is 6.06. The molecule has 3 aromatic rings. The van der Waals surface area contributed by atoms with Crippen LogP contribution in [0.2, 0.25) is 0 Å². The standard InChI is InChI=1S/C20H21N5O3/c1-3-24-15-7-5-4-6-14(15)22-19(24)23-18(26)13-8-9-17(28-2)16(12-13)25-11-10-21-20(25)27/h4-9,12H,3,10-11H2,1-2H3,(H,21,27)(H,22,23,26). The summed E-state index contributed by atoms with van der Waals surface area (Å²) < 4.78 is 7.32. The van der Waals surface area contributed by atoms with Gasteiger partial charge in [-0.15, -0.1) is 0 Å². The van der Waals surface area contributed by atoms with Gasteiger partial charge in [-0.25, -0.2) is 9.78 Å². The molecule has 28 heavy (non-hydrogen) atoms. The molecule has 144 valence electrons. The van der Waals surface area contributed by atoms with Crippen LogP contribution >= 0.6 is 0 Å². The molecule has 2 aromatic carbocycles. The Morgan fingerprint density at radius 3 is 2.82 bits per heavy atom. The van der Waals surface area contributed by atoms with Crippen molar-refractivity contribution in [1.29, 1.82) is 0 Å². The summed E-state index contributed by atoms with van der Waals surface area (Å²) in [5.74, 6) is 0.730. The van der Waals surface area contributed by atoms with Crippen LogP contribution in [0.5, 0.6) is 5.75 Å². The average molecular weight is 379 g/mol. The minimum absolute atomic E-state index is 0.205. The van der Waals surface area contributed by atoms with Crippen molar-refractivity contribution in [3.05, 3.63) is 48.0 Å². The third-order valence-electron chi connectivity index (χ3n) is 4.78. The number of ether oxygens (including phenoxy) is 1. The molecule has 0 radical (unpaired) electrons. The summed E-state index contributed by atoms with van der Waals surface area (Å²) >= 11 is 0. The maximum atomic E-state index is 12.9. The monoisotopic (exact) mass is 379 g/mol. The number of fused-ring (bicyclic) bond motifs is 1. The molecular formula is C20H21N5O3. The molecule has 1 saturated heterocycles. The van der Waals surface area contributed by atoms with Crippen LogP contribution in [-0.4, -0.2) is 41.7 Å². The Morgan fingerprint density at radius 1 is 1.29 bits per heavy atom. The number of benzene rings is 2. The molecule has 2 heterocycles. The van der Waals surface area contributed by atoms with Crippen molar-refractivity contribution in [3.63, 3.8) is 0 Å². The predicted octanol–water partition coefficient (Wildman–Crippen LogP) is 2.85. The van der Waals surface area contributed by atoms with Gasteiger partial charge in [0.25, 0.3) is 5.91 Å². The summed E-state index contributed by atoms with van der Waals surface area (Å²) in [7, 11) is 1.54. The maximum Gasteiger partial charge on any atom is 0.322 e. The Bertz CT molecular complexity index is 1060. The fourth-order valence-corrected chi connectivity index (χ4v) is 3.41. The molecule has 0 bridgehead atoms. The van der Waals surface area contributed by atoms with E-state index >= 15 is 0 Å². The first-order valence-corrected chi connectivity index (χ1v) is 9.12. The van der Waals surface area contributed by atoms with E-state index < -0.39 is 0 Å². The number of methoxy groups -OCH3 is 1. The van der Waals surface area contributed by atoms with Gasteiger partial charge >= 0.3 is 6.03 Å². The van der Waals surface area contributed by atoms with Crippen LogP contribution < -0.4 is 20.3 Å². The molecule has 0 saturated carbocycles. The van der Waals surface area contributed by atoms with Gasteiger partial charge in [0, 0.05) is 25.2 Å². The molecular weight excluding hydrogens is 358 g/mol. The summed E-state index contributed by atoms with van der Waals surface area (Å²) in [5.41, 5.74) is 2.77. The number of aryl methyl sites for hydroxylation is 1. The number of anilines is 2. The van der Waals surface area contributed by atoms with Crippen LogP contribution in [0.3, 0.4) is 0 Å². The van der Waals surface area contributed by atoms with Gasteiger partial charge in [-0.3, -0.25) is 15.0 Å². The van der Waals surface area contributed by atoms with Crippen molar-refractivity contribution in [2.75, 3.05) is 30.4 Å². The van der Waals surface area contributed by atoms with Gasteiger partial charge in [-0.1, -0.05) is 12.1 Å². The van der Waals surface area contributed by atoms with E-state index in [4.69, 9.17) is 4.74 Å². The summed E-state index contributed by atoms with van der Waals surface area (Å²) in [6.07, 6.45) is 0. The molecule has 1 aliphatic heterocycles. The third kappa shape index (κ3) is 3.02. The van der Waals surface area contributed by atoms with E-state index in [2.05, 4.69) is 15.6 Å². The van der Waals surface area contributed by atoms with Crippen molar-refractivity contribution < 1.29 is 14.3 Å². The van der Waals surface area contributed by atoms with E-state index in [9.17, 15) is 9.59 Å². The van der Waals surface area contributed by atoms with Gasteiger partial charge in [-0.05, 0) is 37.3 Å². The number of urea groups is 1. The Labute approximate surface area is 162 Å². The second kappa shape index (κ2) is 7.22. The van der Waals surface area contributed by atoms with E-state index in [0.717, 1.165) is 11.0 Å². The van der Waals surface area contributed by atoms with Crippen LogP contribution in [0.15, 0.2) is 42.5 Å². The van der Waals surface area contributed by atoms with Gasteiger partial charge in [0.15, 0.2) is 0 Å². The quantitative estimate of drug-likeness (QED) is 0.713. The molecule has 0 spiro atoms. The molecule has 3 amide bonds. The largest absolute Gasteiger partial charge is 0.495 e. The number of aromatic nitrogens is 2. The molecule has 2 N–H and O–H groups in total. The summed E-state index contributed by atoms with van der Waals surface area (Å²) in [6.45, 7) is 3.75. The fourth-order valence-electron chi connectivity index (χ4n) is 3.41. The third-order valence-corrected chi connectivity index (χ3v) is 4.78. The van der Waals surface area contributed by atoms with Crippen LogP contribution in [-0.2, 0) is 6.54 Å². The molecule has 8 nitrogen and oxygen atoms in total. The van der Waals surface area contributed by atoms with Gasteiger partial charge in [-0.2, -0.15) is 0 Å². The minimum Gasteiger partial charge on any atom is -0.495 e. The summed E-state index contributed by atoms with van der Waals surface area (Å²) in [5, 5.41) is 5.64. The van der Waals surface area contributed by atoms with E-state index in [1.54, 1.807) is 23.1 Å². The number of amides is 3. The zero-order valence-electron chi connectivity index (χ0n) is 15.7. The Hall–Kier alpha value is -3.55. The summed E-state index contributed by atoms with van der Waals surface area (Å²) in [6, 6.07) is 12.6. The van der Waals surface area contributed by atoms with E-state index in [1.165, 1.54) is 7.11 Å². The Balaban J connectivity index is 1.66. The van der Waals surface area contributed by atoms with E-state index in [0.29, 0.717) is 42.6 Å². The number of imidazole rings is 1. The second-order valence-corrected chi connectivity index (χ2v) is 6.39. The lowest BCUT2D eigenvalue weighted by Gasteiger charge is -2.18. The molecule has 0 atom stereocenters. The van der Waals surface area contributed by atoms with Crippen LogP contribution in [0.25, 0.3) is 11.0 Å². The molecule has 4 rings (SSSR count). The first-order chi connectivity index (χ1) is 13.6. The highest BCUT2D eigenvalue weighted by atomic mass is 16.5. The first-order valence-electron chi connectivity index (χ1n) is 9.12. The number of hydrogen-bond acceptors (Lipinski definition) is 4. The summed E-state index contributed by atoms with van der Waals surface area (Å²) in [4.78, 5) is 31.0. The van der Waals surface area contributed by atoms with Crippen molar-refractivity contribution in [2.45, 2.75) is 13.5 Å². The first kappa shape index (κ1) is 17.8. The zero-order chi connectivity index (χ0) is 19.7. The fraction of sp³-hybridized carbons (Fsp3) is 0.250. The second-order valence-electron chi connectivity index (χ2n) is 6.39. The lowest BCUT2D eigenvalue weighted by Crippen LogP contribution is -2.28. The van der Waals surface area contributed by atoms with E-state index in [1.807, 2.05) is 35.8 Å². The Morgan fingerprint density at radius 2 is 2.11 bits per heavy atom. The lowest BCUT2D eigenvalue weighted by atomic mass is 10.1. The number of para-hydroxylation sites is 2. The van der Waals surface area contributed by atoms with Crippen LogP contribution in [0.4, 0.5) is 16.4 Å². The van der Waals surface area contributed by atoms with Crippen LogP contribution in [0, 0.1) is 0 Å². The number of hydrogen-bond donors (Lipinski definition) is 2. The number of nitrogens with zero attached hydrogens (tertiary/aromatic N) is 3. The number of carbonyl (C=O) groups is 2. The predicted molar refractivity (Wildman–Crippen MR) is 107 cm³/mol. The molecule has 0 unspecified atom stereocenters. The maximum absolute atomic E-state index is 12.9. The average Bonchev–Trinajstić information content (AvgIpc) is 3.29. The number of carbonyl (C=O) groups excluding carboxylic acids is 2. The van der Waals surface area contributed by atoms with Crippen molar-refractivity contribution >= 4 is 34.6 Å². The normalized spacial score (nSPS) is 13.6. The van der Waals surface area contributed by atoms with E-state index in [-0.39, 0.29) is 11.9 Å². The molecule has 1 fully saturated rings. The van der Waals surface area contributed by atoms with Crippen molar-refractivity contribution in [1.82, 2.24) is 14.9 Å². The topological polar surface area (TPSA) is 88.5 Å². The molecule has 1 aromatic heterocycles. The number of nitrogens with one attached hydrogen (secondary N) is 2. The van der Waals surface area contributed by atoms with Gasteiger partial charge in [0.05, 0.1) is 23.8 Å². The molecule has 1 aliphatic rings. The SMILES string of the molecule is CCn1c(NC(=O)c2ccc(OC)c(N3CCNC3=O)c2)nc2ccccc21. The van der Waals surface area contributed by atoms with Gasteiger partial charge in [0.2, 0.25) is 5.95 Å². The van der Waals surface area contributed by atoms with Crippen LogP contribution in [0.1, 0.15) is 17.3 Å². The smallest absolute Gasteiger partial charge is 0.322 e.